The van der Waals surface area contributed by atoms with E-state index >= 15 is 0 Å². The molecule has 7 heteroatoms. The lowest BCUT2D eigenvalue weighted by molar-refractivity contribution is -0.130. The molecule has 2 N–H and O–H groups in total. The molecule has 0 aliphatic carbocycles. The van der Waals surface area contributed by atoms with Gasteiger partial charge in [0.25, 0.3) is 0 Å². The van der Waals surface area contributed by atoms with Crippen LogP contribution in [-0.2, 0) is 9.59 Å². The number of hydrogen-bond donors (Lipinski definition) is 2. The number of hydrogen-bond acceptors (Lipinski definition) is 4. The molecule has 6 nitrogen and oxygen atoms in total. The molecule has 1 aliphatic rings. The van der Waals surface area contributed by atoms with Crippen molar-refractivity contribution < 1.29 is 9.59 Å². The van der Waals surface area contributed by atoms with Crippen molar-refractivity contribution in [1.82, 2.24) is 15.1 Å². The summed E-state index contributed by atoms with van der Waals surface area (Å²) in [5.41, 5.74) is 1.63. The maximum Gasteiger partial charge on any atom is 0.244 e. The second-order valence-corrected chi connectivity index (χ2v) is 5.24. The van der Waals surface area contributed by atoms with Crippen molar-refractivity contribution in [3.63, 3.8) is 0 Å². The van der Waals surface area contributed by atoms with Crippen molar-refractivity contribution in [3.05, 3.63) is 24.4 Å². The number of H-pyrrole nitrogens is 1. The van der Waals surface area contributed by atoms with Crippen molar-refractivity contribution in [1.29, 1.82) is 0 Å². The Bertz CT molecular complexity index is 639. The molecule has 19 heavy (non-hydrogen) atoms. The fourth-order valence-corrected chi connectivity index (χ4v) is 2.84. The number of carbonyl (C=O) groups is 2. The van der Waals surface area contributed by atoms with E-state index in [1.807, 2.05) is 12.1 Å². The summed E-state index contributed by atoms with van der Waals surface area (Å²) in [5.74, 6) is 0.894. The molecular formula is C12H12N4O2S. The molecule has 2 heterocycles. The summed E-state index contributed by atoms with van der Waals surface area (Å²) in [4.78, 5) is 24.8. The van der Waals surface area contributed by atoms with E-state index in [-0.39, 0.29) is 18.4 Å². The summed E-state index contributed by atoms with van der Waals surface area (Å²) in [6.45, 7) is 0.106. The quantitative estimate of drug-likeness (QED) is 0.878. The average molecular weight is 276 g/mol. The summed E-state index contributed by atoms with van der Waals surface area (Å²) in [5, 5.41) is 10.5. The van der Waals surface area contributed by atoms with Gasteiger partial charge in [-0.15, -0.1) is 11.8 Å². The minimum Gasteiger partial charge on any atom is -0.325 e. The van der Waals surface area contributed by atoms with E-state index in [0.717, 1.165) is 10.9 Å². The lowest BCUT2D eigenvalue weighted by Crippen LogP contribution is -2.34. The van der Waals surface area contributed by atoms with Crippen molar-refractivity contribution in [2.75, 3.05) is 23.5 Å². The first-order valence-corrected chi connectivity index (χ1v) is 6.96. The first-order chi connectivity index (χ1) is 9.22. The molecule has 1 saturated heterocycles. The molecule has 3 rings (SSSR count). The third-order valence-corrected chi connectivity index (χ3v) is 3.83. The van der Waals surface area contributed by atoms with E-state index in [1.165, 1.54) is 11.8 Å². The molecule has 98 valence electrons. The van der Waals surface area contributed by atoms with Gasteiger partial charge in [0, 0.05) is 11.1 Å². The molecule has 1 aromatic heterocycles. The van der Waals surface area contributed by atoms with Crippen LogP contribution < -0.4 is 5.32 Å². The van der Waals surface area contributed by atoms with Crippen LogP contribution in [0, 0.1) is 0 Å². The molecular weight excluding hydrogens is 264 g/mol. The Hall–Kier alpha value is -2.02. The summed E-state index contributed by atoms with van der Waals surface area (Å²) in [6, 6.07) is 5.51. The average Bonchev–Trinajstić information content (AvgIpc) is 2.98. The molecule has 0 atom stereocenters. The van der Waals surface area contributed by atoms with E-state index in [1.54, 1.807) is 17.2 Å². The molecule has 0 saturated carbocycles. The molecule has 0 bridgehead atoms. The number of benzene rings is 1. The number of fused-ring (bicyclic) bond motifs is 1. The monoisotopic (exact) mass is 276 g/mol. The topological polar surface area (TPSA) is 78.1 Å². The number of amides is 2. The van der Waals surface area contributed by atoms with Gasteiger partial charge < -0.3 is 10.2 Å². The van der Waals surface area contributed by atoms with Crippen molar-refractivity contribution in [2.45, 2.75) is 0 Å². The lowest BCUT2D eigenvalue weighted by atomic mass is 10.2. The van der Waals surface area contributed by atoms with E-state index in [0.29, 0.717) is 17.3 Å². The summed E-state index contributed by atoms with van der Waals surface area (Å²) in [6.07, 6.45) is 1.70. The maximum absolute atomic E-state index is 11.9. The predicted molar refractivity (Wildman–Crippen MR) is 73.8 cm³/mol. The van der Waals surface area contributed by atoms with Crippen LogP contribution in [-0.4, -0.2) is 45.1 Å². The second-order valence-electron chi connectivity index (χ2n) is 4.29. The zero-order chi connectivity index (χ0) is 13.2. The van der Waals surface area contributed by atoms with Crippen molar-refractivity contribution in [3.8, 4) is 0 Å². The fraction of sp³-hybridized carbons (Fsp3) is 0.250. The zero-order valence-electron chi connectivity index (χ0n) is 10.0. The smallest absolute Gasteiger partial charge is 0.244 e. The number of rotatable bonds is 3. The number of nitrogens with one attached hydrogen (secondary N) is 2. The Morgan fingerprint density at radius 1 is 1.53 bits per heavy atom. The first-order valence-electron chi connectivity index (χ1n) is 5.81. The van der Waals surface area contributed by atoms with Gasteiger partial charge in [0.15, 0.2) is 0 Å². The number of aromatic amines is 1. The maximum atomic E-state index is 11.9. The van der Waals surface area contributed by atoms with Crippen molar-refractivity contribution in [2.24, 2.45) is 0 Å². The number of aromatic nitrogens is 2. The zero-order valence-corrected chi connectivity index (χ0v) is 10.9. The SMILES string of the molecule is O=C(CN1CSCC1=O)Nc1ccc2[nH]ncc2c1. The van der Waals surface area contributed by atoms with Gasteiger partial charge in [-0.25, -0.2) is 0 Å². The van der Waals surface area contributed by atoms with Crippen LogP contribution >= 0.6 is 11.8 Å². The third-order valence-electron chi connectivity index (χ3n) is 2.88. The standard InChI is InChI=1S/C12H12N4O2S/c17-11(5-16-7-19-6-12(16)18)14-9-1-2-10-8(3-9)4-13-15-10/h1-4H,5-7H2,(H,13,15)(H,14,17). The Morgan fingerprint density at radius 3 is 3.21 bits per heavy atom. The summed E-state index contributed by atoms with van der Waals surface area (Å²) >= 11 is 1.53. The van der Waals surface area contributed by atoms with Crippen LogP contribution in [0.3, 0.4) is 0 Å². The Morgan fingerprint density at radius 2 is 2.42 bits per heavy atom. The number of thioether (sulfide) groups is 1. The molecule has 1 aliphatic heterocycles. The molecule has 0 unspecified atom stereocenters. The van der Waals surface area contributed by atoms with Gasteiger partial charge in [-0.05, 0) is 18.2 Å². The highest BCUT2D eigenvalue weighted by molar-refractivity contribution is 8.00. The third kappa shape index (κ3) is 2.55. The summed E-state index contributed by atoms with van der Waals surface area (Å²) < 4.78 is 0. The summed E-state index contributed by atoms with van der Waals surface area (Å²) in [7, 11) is 0. The minimum atomic E-state index is -0.182. The van der Waals surface area contributed by atoms with Gasteiger partial charge in [-0.2, -0.15) is 5.10 Å². The fourth-order valence-electron chi connectivity index (χ4n) is 1.93. The van der Waals surface area contributed by atoms with Crippen LogP contribution in [0.25, 0.3) is 10.9 Å². The van der Waals surface area contributed by atoms with Gasteiger partial charge in [0.05, 0.1) is 23.3 Å². The van der Waals surface area contributed by atoms with Crippen LogP contribution in [0.4, 0.5) is 5.69 Å². The van der Waals surface area contributed by atoms with Crippen LogP contribution in [0.2, 0.25) is 0 Å². The van der Waals surface area contributed by atoms with E-state index in [2.05, 4.69) is 15.5 Å². The highest BCUT2D eigenvalue weighted by Gasteiger charge is 2.22. The van der Waals surface area contributed by atoms with Crippen molar-refractivity contribution >= 4 is 40.2 Å². The molecule has 2 amide bonds. The van der Waals surface area contributed by atoms with Crippen LogP contribution in [0.1, 0.15) is 0 Å². The predicted octanol–water partition coefficient (Wildman–Crippen LogP) is 1.03. The number of carbonyl (C=O) groups excluding carboxylic acids is 2. The Labute approximate surface area is 113 Å². The second kappa shape index (κ2) is 4.93. The lowest BCUT2D eigenvalue weighted by Gasteiger charge is -2.14. The highest BCUT2D eigenvalue weighted by Crippen LogP contribution is 2.17. The van der Waals surface area contributed by atoms with Crippen LogP contribution in [0.15, 0.2) is 24.4 Å². The van der Waals surface area contributed by atoms with Gasteiger partial charge in [-0.1, -0.05) is 0 Å². The van der Waals surface area contributed by atoms with E-state index in [4.69, 9.17) is 0 Å². The van der Waals surface area contributed by atoms with E-state index in [9.17, 15) is 9.59 Å². The van der Waals surface area contributed by atoms with Gasteiger partial charge in [0.2, 0.25) is 11.8 Å². The molecule has 0 spiro atoms. The highest BCUT2D eigenvalue weighted by atomic mass is 32.2. The normalized spacial score (nSPS) is 15.2. The molecule has 1 fully saturated rings. The number of anilines is 1. The Kier molecular flexibility index (Phi) is 3.12. The van der Waals surface area contributed by atoms with Gasteiger partial charge >= 0.3 is 0 Å². The number of nitrogens with zero attached hydrogens (tertiary/aromatic N) is 2. The largest absolute Gasteiger partial charge is 0.325 e. The van der Waals surface area contributed by atoms with Crippen LogP contribution in [0.5, 0.6) is 0 Å². The molecule has 0 radical (unpaired) electrons. The van der Waals surface area contributed by atoms with E-state index < -0.39 is 0 Å². The molecule has 2 aromatic rings. The van der Waals surface area contributed by atoms with Gasteiger partial charge in [0.1, 0.15) is 6.54 Å². The Balaban J connectivity index is 1.66. The minimum absolute atomic E-state index is 0.0189. The molecule has 1 aromatic carbocycles. The first kappa shape index (κ1) is 12.0. The van der Waals surface area contributed by atoms with Gasteiger partial charge in [-0.3, -0.25) is 14.7 Å².